The Labute approximate surface area is 175 Å². The van der Waals surface area contributed by atoms with Crippen molar-refractivity contribution in [3.63, 3.8) is 0 Å². The molecule has 0 aliphatic heterocycles. The zero-order valence-corrected chi connectivity index (χ0v) is 16.7. The third-order valence-corrected chi connectivity index (χ3v) is 5.66. The predicted octanol–water partition coefficient (Wildman–Crippen LogP) is 4.23. The second-order valence-electron chi connectivity index (χ2n) is 6.44. The van der Waals surface area contributed by atoms with Crippen molar-refractivity contribution in [2.24, 2.45) is 0 Å². The van der Waals surface area contributed by atoms with Gasteiger partial charge in [-0.3, -0.25) is 19.6 Å². The van der Waals surface area contributed by atoms with Gasteiger partial charge in [-0.25, -0.2) is 17.2 Å². The molecule has 0 radical (unpaired) electrons. The minimum atomic E-state index is -4.29. The smallest absolute Gasteiger partial charge is 0.271 e. The van der Waals surface area contributed by atoms with Crippen LogP contribution in [0, 0.1) is 28.7 Å². The highest BCUT2D eigenvalue weighted by Crippen LogP contribution is 2.26. The lowest BCUT2D eigenvalue weighted by Gasteiger charge is -2.12. The third kappa shape index (κ3) is 4.83. The molecule has 2 N–H and O–H groups in total. The van der Waals surface area contributed by atoms with Crippen molar-refractivity contribution in [2.45, 2.75) is 11.8 Å². The molecule has 3 aromatic carbocycles. The number of carbonyl (C=O) groups excluding carboxylic acids is 1. The van der Waals surface area contributed by atoms with Gasteiger partial charge in [-0.2, -0.15) is 0 Å². The molecule has 3 rings (SSSR count). The summed E-state index contributed by atoms with van der Waals surface area (Å²) >= 11 is 0. The Hall–Kier alpha value is -3.86. The highest BCUT2D eigenvalue weighted by Gasteiger charge is 2.20. The molecule has 160 valence electrons. The average molecular weight is 447 g/mol. The lowest BCUT2D eigenvalue weighted by atomic mass is 10.2. The van der Waals surface area contributed by atoms with Crippen molar-refractivity contribution in [1.82, 2.24) is 0 Å². The van der Waals surface area contributed by atoms with Crippen molar-refractivity contribution in [1.29, 1.82) is 0 Å². The first-order valence-corrected chi connectivity index (χ1v) is 10.2. The van der Waals surface area contributed by atoms with Crippen LogP contribution in [0.4, 0.5) is 25.8 Å². The minimum Gasteiger partial charge on any atom is -0.319 e. The van der Waals surface area contributed by atoms with Gasteiger partial charge in [0.25, 0.3) is 21.6 Å². The zero-order valence-electron chi connectivity index (χ0n) is 15.9. The molecule has 0 bridgehead atoms. The van der Waals surface area contributed by atoms with E-state index in [-0.39, 0.29) is 22.6 Å². The molecule has 0 heterocycles. The summed E-state index contributed by atoms with van der Waals surface area (Å²) in [5, 5.41) is 13.1. The molecule has 0 aromatic heterocycles. The monoisotopic (exact) mass is 447 g/mol. The molecule has 0 atom stereocenters. The van der Waals surface area contributed by atoms with Gasteiger partial charge in [0.2, 0.25) is 0 Å². The number of nitro groups is 1. The van der Waals surface area contributed by atoms with Crippen LogP contribution < -0.4 is 10.0 Å². The molecule has 3 aromatic rings. The molecule has 1 amide bonds. The number of hydrogen-bond acceptors (Lipinski definition) is 5. The second-order valence-corrected chi connectivity index (χ2v) is 8.12. The maximum atomic E-state index is 14.5. The molecular weight excluding hydrogens is 432 g/mol. The van der Waals surface area contributed by atoms with Gasteiger partial charge < -0.3 is 5.32 Å². The molecule has 0 aliphatic carbocycles. The maximum Gasteiger partial charge on any atom is 0.271 e. The Bertz CT molecular complexity index is 1300. The van der Waals surface area contributed by atoms with E-state index < -0.39 is 37.4 Å². The van der Waals surface area contributed by atoms with E-state index in [0.29, 0.717) is 11.6 Å². The van der Waals surface area contributed by atoms with E-state index in [9.17, 15) is 32.1 Å². The van der Waals surface area contributed by atoms with Gasteiger partial charge in [0.15, 0.2) is 0 Å². The van der Waals surface area contributed by atoms with E-state index in [0.717, 1.165) is 24.3 Å². The van der Waals surface area contributed by atoms with E-state index in [1.54, 1.807) is 6.92 Å². The summed E-state index contributed by atoms with van der Waals surface area (Å²) in [4.78, 5) is 21.9. The number of benzene rings is 3. The van der Waals surface area contributed by atoms with Crippen LogP contribution in [0.3, 0.4) is 0 Å². The molecule has 0 spiro atoms. The number of aryl methyl sites for hydroxylation is 1. The summed E-state index contributed by atoms with van der Waals surface area (Å²) in [6.45, 7) is 1.55. The van der Waals surface area contributed by atoms with E-state index in [2.05, 4.69) is 10.0 Å². The highest BCUT2D eigenvalue weighted by molar-refractivity contribution is 7.92. The van der Waals surface area contributed by atoms with E-state index in [4.69, 9.17) is 0 Å². The van der Waals surface area contributed by atoms with Crippen LogP contribution in [0.5, 0.6) is 0 Å². The van der Waals surface area contributed by atoms with Gasteiger partial charge in [0.1, 0.15) is 11.6 Å². The Balaban J connectivity index is 1.85. The largest absolute Gasteiger partial charge is 0.319 e. The molecule has 0 fully saturated rings. The topological polar surface area (TPSA) is 118 Å². The minimum absolute atomic E-state index is 0.0356. The van der Waals surface area contributed by atoms with Crippen LogP contribution in [0.15, 0.2) is 65.6 Å². The Morgan fingerprint density at radius 1 is 0.968 bits per heavy atom. The SMILES string of the molecule is Cc1ccc([N+](=O)[O-])cc1NS(=O)(=O)c1ccc(NC(=O)c2ccccc2F)c(F)c1. The summed E-state index contributed by atoms with van der Waals surface area (Å²) in [6, 6.07) is 11.5. The van der Waals surface area contributed by atoms with Crippen LogP contribution in [-0.4, -0.2) is 19.2 Å². The molecule has 0 saturated carbocycles. The number of sulfonamides is 1. The number of nitrogens with one attached hydrogen (secondary N) is 2. The van der Waals surface area contributed by atoms with Crippen LogP contribution in [-0.2, 0) is 10.0 Å². The average Bonchev–Trinajstić information content (AvgIpc) is 2.71. The first-order valence-electron chi connectivity index (χ1n) is 8.72. The highest BCUT2D eigenvalue weighted by atomic mass is 32.2. The number of rotatable bonds is 6. The van der Waals surface area contributed by atoms with E-state index in [1.807, 2.05) is 0 Å². The van der Waals surface area contributed by atoms with Crippen LogP contribution in [0.2, 0.25) is 0 Å². The van der Waals surface area contributed by atoms with Gasteiger partial charge >= 0.3 is 0 Å². The number of amides is 1. The van der Waals surface area contributed by atoms with Crippen LogP contribution >= 0.6 is 0 Å². The zero-order chi connectivity index (χ0) is 22.8. The summed E-state index contributed by atoms with van der Waals surface area (Å²) in [5.41, 5.74) is -0.587. The number of hydrogen-bond donors (Lipinski definition) is 2. The number of carbonyl (C=O) groups is 1. The Morgan fingerprint density at radius 2 is 1.68 bits per heavy atom. The van der Waals surface area contributed by atoms with Crippen molar-refractivity contribution < 1.29 is 26.9 Å². The Morgan fingerprint density at radius 3 is 2.32 bits per heavy atom. The van der Waals surface area contributed by atoms with Crippen LogP contribution in [0.1, 0.15) is 15.9 Å². The molecule has 31 heavy (non-hydrogen) atoms. The standard InChI is InChI=1S/C20H15F2N3O5S/c1-12-6-7-13(25(27)28)10-19(12)24-31(29,30)14-8-9-18(17(22)11-14)23-20(26)15-4-2-3-5-16(15)21/h2-11,24H,1H3,(H,23,26). The van der Waals surface area contributed by atoms with Gasteiger partial charge in [-0.05, 0) is 42.8 Å². The molecule has 8 nitrogen and oxygen atoms in total. The van der Waals surface area contributed by atoms with Gasteiger partial charge in [0.05, 0.1) is 26.8 Å². The summed E-state index contributed by atoms with van der Waals surface area (Å²) in [5.74, 6) is -2.77. The lowest BCUT2D eigenvalue weighted by Crippen LogP contribution is -2.16. The first kappa shape index (κ1) is 21.8. The number of non-ortho nitro benzene ring substituents is 1. The third-order valence-electron chi connectivity index (χ3n) is 4.29. The molecule has 0 aliphatic rings. The number of nitro benzene ring substituents is 1. The van der Waals surface area contributed by atoms with Gasteiger partial charge in [-0.1, -0.05) is 18.2 Å². The second kappa shape index (κ2) is 8.48. The van der Waals surface area contributed by atoms with Gasteiger partial charge in [0, 0.05) is 12.1 Å². The molecule has 0 unspecified atom stereocenters. The molecule has 0 saturated heterocycles. The fourth-order valence-electron chi connectivity index (χ4n) is 2.64. The summed E-state index contributed by atoms with van der Waals surface area (Å²) < 4.78 is 55.5. The molecule has 11 heteroatoms. The molecular formula is C20H15F2N3O5S. The number of nitrogens with zero attached hydrogens (tertiary/aromatic N) is 1. The van der Waals surface area contributed by atoms with E-state index in [1.165, 1.54) is 30.3 Å². The number of anilines is 2. The van der Waals surface area contributed by atoms with Gasteiger partial charge in [-0.15, -0.1) is 0 Å². The lowest BCUT2D eigenvalue weighted by molar-refractivity contribution is -0.384. The Kier molecular flexibility index (Phi) is 5.97. The quantitative estimate of drug-likeness (QED) is 0.433. The van der Waals surface area contributed by atoms with E-state index >= 15 is 0 Å². The van der Waals surface area contributed by atoms with Crippen molar-refractivity contribution in [2.75, 3.05) is 10.0 Å². The fraction of sp³-hybridized carbons (Fsp3) is 0.0500. The summed E-state index contributed by atoms with van der Waals surface area (Å²) in [7, 11) is -4.29. The summed E-state index contributed by atoms with van der Waals surface area (Å²) in [6.07, 6.45) is 0. The maximum absolute atomic E-state index is 14.5. The fourth-order valence-corrected chi connectivity index (χ4v) is 3.77. The van der Waals surface area contributed by atoms with Crippen molar-refractivity contribution >= 4 is 33.0 Å². The van der Waals surface area contributed by atoms with Crippen molar-refractivity contribution in [3.8, 4) is 0 Å². The first-order chi connectivity index (χ1) is 14.6. The predicted molar refractivity (Wildman–Crippen MR) is 109 cm³/mol. The van der Waals surface area contributed by atoms with Crippen LogP contribution in [0.25, 0.3) is 0 Å². The normalized spacial score (nSPS) is 11.1. The number of halogens is 2. The van der Waals surface area contributed by atoms with Crippen molar-refractivity contribution in [3.05, 3.63) is 93.5 Å².